The van der Waals surface area contributed by atoms with Crippen molar-refractivity contribution in [3.05, 3.63) is 58.7 Å². The van der Waals surface area contributed by atoms with E-state index in [1.807, 2.05) is 26.0 Å². The van der Waals surface area contributed by atoms with Crippen LogP contribution in [-0.2, 0) is 10.0 Å². The molecule has 0 spiro atoms. The number of anilines is 1. The smallest absolute Gasteiger partial charge is 0.262 e. The maximum absolute atomic E-state index is 13.0. The molecule has 1 heterocycles. The molecule has 0 bridgehead atoms. The number of benzene rings is 2. The van der Waals surface area contributed by atoms with E-state index in [0.717, 1.165) is 30.8 Å². The summed E-state index contributed by atoms with van der Waals surface area (Å²) >= 11 is 0. The van der Waals surface area contributed by atoms with Crippen LogP contribution in [0.3, 0.4) is 0 Å². The number of nitrogens with one attached hydrogen (secondary N) is 1. The maximum Gasteiger partial charge on any atom is 0.262 e. The molecule has 1 amide bonds. The van der Waals surface area contributed by atoms with Crippen LogP contribution in [0.5, 0.6) is 0 Å². The van der Waals surface area contributed by atoms with Crippen molar-refractivity contribution < 1.29 is 13.2 Å². The first-order valence-corrected chi connectivity index (χ1v) is 11.4. The number of likely N-dealkylation sites (N-methyl/N-ethyl adjacent to an activating group) is 1. The minimum atomic E-state index is -3.80. The van der Waals surface area contributed by atoms with Crippen LogP contribution in [0.15, 0.2) is 41.3 Å². The highest BCUT2D eigenvalue weighted by molar-refractivity contribution is 7.92. The number of amides is 1. The molecule has 29 heavy (non-hydrogen) atoms. The van der Waals surface area contributed by atoms with Crippen molar-refractivity contribution in [2.45, 2.75) is 32.6 Å². The van der Waals surface area contributed by atoms with Gasteiger partial charge < -0.3 is 9.80 Å². The summed E-state index contributed by atoms with van der Waals surface area (Å²) in [6.45, 7) is 11.7. The molecule has 0 atom stereocenters. The summed E-state index contributed by atoms with van der Waals surface area (Å²) in [5.41, 5.74) is 3.63. The molecule has 1 saturated heterocycles. The third kappa shape index (κ3) is 4.79. The van der Waals surface area contributed by atoms with E-state index in [1.165, 1.54) is 6.07 Å². The van der Waals surface area contributed by atoms with Crippen LogP contribution in [0.1, 0.15) is 34.0 Å². The van der Waals surface area contributed by atoms with Gasteiger partial charge in [0.05, 0.1) is 4.90 Å². The number of piperazine rings is 1. The minimum absolute atomic E-state index is 0.122. The van der Waals surface area contributed by atoms with Crippen LogP contribution in [0.2, 0.25) is 0 Å². The van der Waals surface area contributed by atoms with E-state index in [-0.39, 0.29) is 10.8 Å². The van der Waals surface area contributed by atoms with Crippen molar-refractivity contribution in [1.82, 2.24) is 9.80 Å². The molecule has 0 aromatic heterocycles. The molecule has 1 aliphatic heterocycles. The molecule has 0 aliphatic carbocycles. The predicted octanol–water partition coefficient (Wildman–Crippen LogP) is 3.19. The van der Waals surface area contributed by atoms with Gasteiger partial charge in [-0.05, 0) is 68.3 Å². The summed E-state index contributed by atoms with van der Waals surface area (Å²) in [6, 6.07) is 10.3. The highest BCUT2D eigenvalue weighted by Crippen LogP contribution is 2.23. The predicted molar refractivity (Wildman–Crippen MR) is 116 cm³/mol. The van der Waals surface area contributed by atoms with Gasteiger partial charge in [-0.1, -0.05) is 19.1 Å². The fourth-order valence-electron chi connectivity index (χ4n) is 3.49. The van der Waals surface area contributed by atoms with Crippen LogP contribution in [0, 0.1) is 20.8 Å². The Hall–Kier alpha value is -2.38. The summed E-state index contributed by atoms with van der Waals surface area (Å²) < 4.78 is 28.7. The van der Waals surface area contributed by atoms with Crippen LogP contribution >= 0.6 is 0 Å². The number of nitrogens with zero attached hydrogens (tertiary/aromatic N) is 2. The SMILES string of the molecule is CCN1CCN(C(=O)c2ccc(C)c(S(=O)(=O)Nc3ccc(C)c(C)c3)c2)CC1. The van der Waals surface area contributed by atoms with Gasteiger partial charge >= 0.3 is 0 Å². The Kier molecular flexibility index (Phi) is 6.29. The Morgan fingerprint density at radius 2 is 1.59 bits per heavy atom. The normalized spacial score (nSPS) is 15.4. The van der Waals surface area contributed by atoms with Crippen molar-refractivity contribution in [1.29, 1.82) is 0 Å². The number of rotatable bonds is 5. The van der Waals surface area contributed by atoms with Gasteiger partial charge in [-0.3, -0.25) is 9.52 Å². The summed E-state index contributed by atoms with van der Waals surface area (Å²) in [4.78, 5) is 17.1. The van der Waals surface area contributed by atoms with Gasteiger partial charge in [-0.25, -0.2) is 8.42 Å². The van der Waals surface area contributed by atoms with Crippen molar-refractivity contribution in [3.8, 4) is 0 Å². The molecular formula is C22H29N3O3S. The molecule has 2 aromatic rings. The molecule has 1 N–H and O–H groups in total. The first-order valence-electron chi connectivity index (χ1n) is 9.93. The van der Waals surface area contributed by atoms with E-state index >= 15 is 0 Å². The van der Waals surface area contributed by atoms with Gasteiger partial charge in [0.1, 0.15) is 0 Å². The standard InChI is InChI=1S/C22H29N3O3S/c1-5-24-10-12-25(13-11-24)22(26)19-8-6-17(3)21(15-19)29(27,28)23-20-9-7-16(2)18(4)14-20/h6-9,14-15,23H,5,10-13H2,1-4H3. The summed E-state index contributed by atoms with van der Waals surface area (Å²) in [5, 5.41) is 0. The topological polar surface area (TPSA) is 69.7 Å². The van der Waals surface area contributed by atoms with E-state index < -0.39 is 10.0 Å². The van der Waals surface area contributed by atoms with E-state index in [2.05, 4.69) is 16.5 Å². The molecule has 156 valence electrons. The van der Waals surface area contributed by atoms with E-state index in [9.17, 15) is 13.2 Å². The van der Waals surface area contributed by atoms with Crippen LogP contribution in [0.25, 0.3) is 0 Å². The molecule has 1 aliphatic rings. The second-order valence-corrected chi connectivity index (χ2v) is 9.26. The number of carbonyl (C=O) groups excluding carboxylic acids is 1. The average Bonchev–Trinajstić information content (AvgIpc) is 2.70. The number of hydrogen-bond acceptors (Lipinski definition) is 4. The van der Waals surface area contributed by atoms with Crippen LogP contribution in [0.4, 0.5) is 5.69 Å². The fraction of sp³-hybridized carbons (Fsp3) is 0.409. The van der Waals surface area contributed by atoms with Crippen LogP contribution in [-0.4, -0.2) is 56.8 Å². The Balaban J connectivity index is 1.84. The molecule has 3 rings (SSSR count). The zero-order valence-electron chi connectivity index (χ0n) is 17.5. The molecule has 0 unspecified atom stereocenters. The lowest BCUT2D eigenvalue weighted by molar-refractivity contribution is 0.0643. The monoisotopic (exact) mass is 415 g/mol. The highest BCUT2D eigenvalue weighted by Gasteiger charge is 2.24. The summed E-state index contributed by atoms with van der Waals surface area (Å²) in [5.74, 6) is -0.122. The third-order valence-electron chi connectivity index (χ3n) is 5.59. The lowest BCUT2D eigenvalue weighted by Gasteiger charge is -2.34. The van der Waals surface area contributed by atoms with Crippen molar-refractivity contribution >= 4 is 21.6 Å². The van der Waals surface area contributed by atoms with Crippen molar-refractivity contribution in [2.75, 3.05) is 37.4 Å². The Morgan fingerprint density at radius 3 is 2.21 bits per heavy atom. The lowest BCUT2D eigenvalue weighted by Crippen LogP contribution is -2.48. The molecule has 6 nitrogen and oxygen atoms in total. The number of aryl methyl sites for hydroxylation is 3. The van der Waals surface area contributed by atoms with Gasteiger partial charge in [0, 0.05) is 37.4 Å². The van der Waals surface area contributed by atoms with Crippen molar-refractivity contribution in [2.24, 2.45) is 0 Å². The number of hydrogen-bond donors (Lipinski definition) is 1. The Labute approximate surface area is 173 Å². The zero-order chi connectivity index (χ0) is 21.2. The Morgan fingerprint density at radius 1 is 0.931 bits per heavy atom. The van der Waals surface area contributed by atoms with Gasteiger partial charge in [0.15, 0.2) is 0 Å². The molecule has 1 fully saturated rings. The second kappa shape index (κ2) is 8.55. The lowest BCUT2D eigenvalue weighted by atomic mass is 10.1. The molecule has 7 heteroatoms. The molecule has 2 aromatic carbocycles. The Bertz CT molecular complexity index is 1010. The molecule has 0 saturated carbocycles. The molecule has 0 radical (unpaired) electrons. The fourth-order valence-corrected chi connectivity index (χ4v) is 4.81. The van der Waals surface area contributed by atoms with Crippen molar-refractivity contribution in [3.63, 3.8) is 0 Å². The van der Waals surface area contributed by atoms with Gasteiger partial charge in [-0.2, -0.15) is 0 Å². The third-order valence-corrected chi connectivity index (χ3v) is 7.11. The van der Waals surface area contributed by atoms with Crippen LogP contribution < -0.4 is 4.72 Å². The van der Waals surface area contributed by atoms with E-state index in [1.54, 1.807) is 30.0 Å². The first-order chi connectivity index (χ1) is 13.7. The quantitative estimate of drug-likeness (QED) is 0.814. The minimum Gasteiger partial charge on any atom is -0.336 e. The summed E-state index contributed by atoms with van der Waals surface area (Å²) in [7, 11) is -3.80. The van der Waals surface area contributed by atoms with Gasteiger partial charge in [0.2, 0.25) is 0 Å². The average molecular weight is 416 g/mol. The first kappa shape index (κ1) is 21.3. The van der Waals surface area contributed by atoms with E-state index in [0.29, 0.717) is 29.9 Å². The largest absolute Gasteiger partial charge is 0.336 e. The molecular weight excluding hydrogens is 386 g/mol. The van der Waals surface area contributed by atoms with Gasteiger partial charge in [0.25, 0.3) is 15.9 Å². The van der Waals surface area contributed by atoms with Gasteiger partial charge in [-0.15, -0.1) is 0 Å². The zero-order valence-corrected chi connectivity index (χ0v) is 18.3. The second-order valence-electron chi connectivity index (χ2n) is 7.61. The highest BCUT2D eigenvalue weighted by atomic mass is 32.2. The van der Waals surface area contributed by atoms with E-state index in [4.69, 9.17) is 0 Å². The summed E-state index contributed by atoms with van der Waals surface area (Å²) in [6.07, 6.45) is 0. The number of carbonyl (C=O) groups is 1. The maximum atomic E-state index is 13.0. The number of sulfonamides is 1.